The van der Waals surface area contributed by atoms with E-state index in [-0.39, 0.29) is 17.8 Å². The zero-order valence-corrected chi connectivity index (χ0v) is 13.7. The summed E-state index contributed by atoms with van der Waals surface area (Å²) in [6, 6.07) is 9.54. The first kappa shape index (κ1) is 16.1. The minimum absolute atomic E-state index is 0.206. The van der Waals surface area contributed by atoms with E-state index in [1.54, 1.807) is 30.5 Å². The number of nitrogens with one attached hydrogen (secondary N) is 1. The standard InChI is InChI=1S/C18H15FN2O2S/c1-12(16-3-2-10-23-16)20-17(22)9-8-15-11-24-18(21-15)13-4-6-14(19)7-5-13/h2-12H,1H3,(H,20,22). The monoisotopic (exact) mass is 342 g/mol. The van der Waals surface area contributed by atoms with Crippen molar-refractivity contribution in [3.63, 3.8) is 0 Å². The van der Waals surface area contributed by atoms with Gasteiger partial charge in [0.15, 0.2) is 0 Å². The molecule has 2 heterocycles. The summed E-state index contributed by atoms with van der Waals surface area (Å²) in [6.07, 6.45) is 4.65. The van der Waals surface area contributed by atoms with Crippen LogP contribution in [0.1, 0.15) is 24.4 Å². The Morgan fingerprint density at radius 1 is 1.33 bits per heavy atom. The lowest BCUT2D eigenvalue weighted by Gasteiger charge is -2.08. The third kappa shape index (κ3) is 3.97. The molecule has 1 aromatic carbocycles. The molecular weight excluding hydrogens is 327 g/mol. The molecule has 0 spiro atoms. The second kappa shape index (κ2) is 7.23. The lowest BCUT2D eigenvalue weighted by Crippen LogP contribution is -2.24. The van der Waals surface area contributed by atoms with Crippen LogP contribution in [0.2, 0.25) is 0 Å². The number of halogens is 1. The molecule has 0 aliphatic rings. The normalized spacial score (nSPS) is 12.4. The van der Waals surface area contributed by atoms with E-state index in [2.05, 4.69) is 10.3 Å². The van der Waals surface area contributed by atoms with E-state index in [0.29, 0.717) is 11.5 Å². The van der Waals surface area contributed by atoms with Crippen molar-refractivity contribution in [3.8, 4) is 10.6 Å². The van der Waals surface area contributed by atoms with Crippen LogP contribution in [0.15, 0.2) is 58.5 Å². The highest BCUT2D eigenvalue weighted by Crippen LogP contribution is 2.24. The quantitative estimate of drug-likeness (QED) is 0.698. The number of thiazole rings is 1. The molecule has 0 saturated carbocycles. The fourth-order valence-electron chi connectivity index (χ4n) is 2.12. The molecule has 0 aliphatic carbocycles. The number of furan rings is 1. The number of rotatable bonds is 5. The van der Waals surface area contributed by atoms with Crippen molar-refractivity contribution in [2.75, 3.05) is 0 Å². The summed E-state index contributed by atoms with van der Waals surface area (Å²) in [5.74, 6) is 0.192. The SMILES string of the molecule is CC(NC(=O)C=Cc1csc(-c2ccc(F)cc2)n1)c1ccco1. The van der Waals surface area contributed by atoms with Crippen molar-refractivity contribution in [2.24, 2.45) is 0 Å². The molecule has 3 rings (SSSR count). The van der Waals surface area contributed by atoms with Gasteiger partial charge in [0.05, 0.1) is 18.0 Å². The van der Waals surface area contributed by atoms with Crippen LogP contribution in [0.4, 0.5) is 4.39 Å². The van der Waals surface area contributed by atoms with Crippen molar-refractivity contribution in [2.45, 2.75) is 13.0 Å². The Labute approximate surface area is 142 Å². The molecule has 0 saturated heterocycles. The topological polar surface area (TPSA) is 55.1 Å². The number of benzene rings is 1. The van der Waals surface area contributed by atoms with E-state index >= 15 is 0 Å². The van der Waals surface area contributed by atoms with Crippen molar-refractivity contribution in [3.05, 3.63) is 71.4 Å². The van der Waals surface area contributed by atoms with E-state index in [1.165, 1.54) is 29.5 Å². The van der Waals surface area contributed by atoms with Gasteiger partial charge < -0.3 is 9.73 Å². The van der Waals surface area contributed by atoms with E-state index in [4.69, 9.17) is 4.42 Å². The number of hydrogen-bond donors (Lipinski definition) is 1. The van der Waals surface area contributed by atoms with Gasteiger partial charge in [-0.1, -0.05) is 0 Å². The zero-order valence-electron chi connectivity index (χ0n) is 12.9. The van der Waals surface area contributed by atoms with E-state index < -0.39 is 0 Å². The third-order valence-electron chi connectivity index (χ3n) is 3.35. The Hall–Kier alpha value is -2.73. The maximum atomic E-state index is 12.9. The summed E-state index contributed by atoms with van der Waals surface area (Å²) in [6.45, 7) is 1.85. The van der Waals surface area contributed by atoms with Gasteiger partial charge >= 0.3 is 0 Å². The van der Waals surface area contributed by atoms with Crippen LogP contribution in [0, 0.1) is 5.82 Å². The maximum absolute atomic E-state index is 12.9. The average molecular weight is 342 g/mol. The van der Waals surface area contributed by atoms with Gasteiger partial charge in [0.25, 0.3) is 0 Å². The zero-order chi connectivity index (χ0) is 16.9. The minimum Gasteiger partial charge on any atom is -0.467 e. The summed E-state index contributed by atoms with van der Waals surface area (Å²) < 4.78 is 18.2. The Kier molecular flexibility index (Phi) is 4.86. The molecule has 3 aromatic rings. The first-order valence-corrected chi connectivity index (χ1v) is 8.23. The Morgan fingerprint density at radius 2 is 2.12 bits per heavy atom. The van der Waals surface area contributed by atoms with Crippen molar-refractivity contribution in [1.29, 1.82) is 0 Å². The van der Waals surface area contributed by atoms with E-state index in [0.717, 1.165) is 10.6 Å². The predicted octanol–water partition coefficient (Wildman–Crippen LogP) is 4.43. The van der Waals surface area contributed by atoms with Gasteiger partial charge in [0.1, 0.15) is 16.6 Å². The fourth-order valence-corrected chi connectivity index (χ4v) is 2.91. The van der Waals surface area contributed by atoms with Crippen LogP contribution < -0.4 is 5.32 Å². The third-order valence-corrected chi connectivity index (χ3v) is 4.26. The smallest absolute Gasteiger partial charge is 0.244 e. The molecule has 0 bridgehead atoms. The van der Waals surface area contributed by atoms with Crippen molar-refractivity contribution < 1.29 is 13.6 Å². The summed E-state index contributed by atoms with van der Waals surface area (Å²) in [5.41, 5.74) is 1.53. The highest BCUT2D eigenvalue weighted by molar-refractivity contribution is 7.13. The molecule has 6 heteroatoms. The van der Waals surface area contributed by atoms with Gasteiger partial charge in [-0.2, -0.15) is 0 Å². The first-order valence-electron chi connectivity index (χ1n) is 7.35. The minimum atomic E-state index is -0.280. The molecular formula is C18H15FN2O2S. The number of nitrogens with zero attached hydrogens (tertiary/aromatic N) is 1. The Morgan fingerprint density at radius 3 is 2.83 bits per heavy atom. The molecule has 1 amide bonds. The number of hydrogen-bond acceptors (Lipinski definition) is 4. The molecule has 0 fully saturated rings. The highest BCUT2D eigenvalue weighted by atomic mass is 32.1. The van der Waals surface area contributed by atoms with Gasteiger partial charge in [-0.25, -0.2) is 9.37 Å². The maximum Gasteiger partial charge on any atom is 0.244 e. The van der Waals surface area contributed by atoms with Crippen molar-refractivity contribution >= 4 is 23.3 Å². The van der Waals surface area contributed by atoms with Crippen LogP contribution in [-0.2, 0) is 4.79 Å². The summed E-state index contributed by atoms with van der Waals surface area (Å²) >= 11 is 1.44. The molecule has 0 radical (unpaired) electrons. The van der Waals surface area contributed by atoms with Crippen LogP contribution in [0.3, 0.4) is 0 Å². The second-order valence-electron chi connectivity index (χ2n) is 5.16. The van der Waals surface area contributed by atoms with Crippen LogP contribution in [-0.4, -0.2) is 10.9 Å². The molecule has 1 atom stereocenters. The molecule has 4 nitrogen and oxygen atoms in total. The molecule has 1 N–H and O–H groups in total. The lowest BCUT2D eigenvalue weighted by atomic mass is 10.2. The largest absolute Gasteiger partial charge is 0.467 e. The summed E-state index contributed by atoms with van der Waals surface area (Å²) in [5, 5.41) is 5.43. The molecule has 2 aromatic heterocycles. The molecule has 0 aliphatic heterocycles. The van der Waals surface area contributed by atoms with E-state index in [1.807, 2.05) is 18.4 Å². The fraction of sp³-hybridized carbons (Fsp3) is 0.111. The highest BCUT2D eigenvalue weighted by Gasteiger charge is 2.10. The number of carbonyl (C=O) groups is 1. The van der Waals surface area contributed by atoms with Gasteiger partial charge in [0.2, 0.25) is 5.91 Å². The molecule has 122 valence electrons. The number of aromatic nitrogens is 1. The van der Waals surface area contributed by atoms with Crippen LogP contribution in [0.5, 0.6) is 0 Å². The van der Waals surface area contributed by atoms with Gasteiger partial charge in [0, 0.05) is 17.0 Å². The van der Waals surface area contributed by atoms with Crippen molar-refractivity contribution in [1.82, 2.24) is 10.3 Å². The van der Waals surface area contributed by atoms with Crippen LogP contribution >= 0.6 is 11.3 Å². The number of carbonyl (C=O) groups excluding carboxylic acids is 1. The Balaban J connectivity index is 1.62. The first-order chi connectivity index (χ1) is 11.6. The predicted molar refractivity (Wildman–Crippen MR) is 91.8 cm³/mol. The van der Waals surface area contributed by atoms with Gasteiger partial charge in [-0.05, 0) is 49.4 Å². The number of amides is 1. The average Bonchev–Trinajstić information content (AvgIpc) is 3.25. The van der Waals surface area contributed by atoms with E-state index in [9.17, 15) is 9.18 Å². The summed E-state index contributed by atoms with van der Waals surface area (Å²) in [7, 11) is 0. The molecule has 1 unspecified atom stereocenters. The summed E-state index contributed by atoms with van der Waals surface area (Å²) in [4.78, 5) is 16.4. The van der Waals surface area contributed by atoms with Gasteiger partial charge in [-0.15, -0.1) is 11.3 Å². The van der Waals surface area contributed by atoms with Crippen LogP contribution in [0.25, 0.3) is 16.6 Å². The molecule has 24 heavy (non-hydrogen) atoms. The Bertz CT molecular complexity index is 838. The lowest BCUT2D eigenvalue weighted by molar-refractivity contribution is -0.117. The van der Waals surface area contributed by atoms with Gasteiger partial charge in [-0.3, -0.25) is 4.79 Å². The second-order valence-corrected chi connectivity index (χ2v) is 6.02.